The lowest BCUT2D eigenvalue weighted by atomic mass is 9.98. The molecule has 1 aliphatic rings. The molecule has 1 saturated heterocycles. The zero-order valence-electron chi connectivity index (χ0n) is 12.2. The summed E-state index contributed by atoms with van der Waals surface area (Å²) in [5, 5.41) is 3.80. The fourth-order valence-electron chi connectivity index (χ4n) is 2.72. The highest BCUT2D eigenvalue weighted by Gasteiger charge is 2.29. The monoisotopic (exact) mass is 286 g/mol. The van der Waals surface area contributed by atoms with Crippen molar-refractivity contribution in [3.05, 3.63) is 47.3 Å². The minimum atomic E-state index is -0.0529. The highest BCUT2D eigenvalue weighted by Crippen LogP contribution is 2.29. The van der Waals surface area contributed by atoms with Crippen molar-refractivity contribution in [2.45, 2.75) is 19.3 Å². The number of methoxy groups -OCH3 is 1. The van der Waals surface area contributed by atoms with E-state index in [0.717, 1.165) is 25.3 Å². The summed E-state index contributed by atoms with van der Waals surface area (Å²) in [5.41, 5.74) is 1.63. The van der Waals surface area contributed by atoms with Gasteiger partial charge in [0.1, 0.15) is 11.5 Å². The molecule has 0 N–H and O–H groups in total. The maximum atomic E-state index is 12.3. The number of aryl methyl sites for hydroxylation is 1. The fourth-order valence-corrected chi connectivity index (χ4v) is 2.72. The molecule has 21 heavy (non-hydrogen) atoms. The number of nitrogens with zero attached hydrogens (tertiary/aromatic N) is 2. The van der Waals surface area contributed by atoms with Crippen LogP contribution in [-0.2, 0) is 0 Å². The van der Waals surface area contributed by atoms with Gasteiger partial charge in [-0.15, -0.1) is 0 Å². The molecular weight excluding hydrogens is 268 g/mol. The van der Waals surface area contributed by atoms with Gasteiger partial charge in [-0.1, -0.05) is 17.3 Å². The molecule has 0 aliphatic carbocycles. The van der Waals surface area contributed by atoms with Crippen molar-refractivity contribution in [2.24, 2.45) is 0 Å². The minimum Gasteiger partial charge on any atom is -0.497 e. The van der Waals surface area contributed by atoms with Crippen LogP contribution in [0.2, 0.25) is 0 Å². The molecule has 0 saturated carbocycles. The van der Waals surface area contributed by atoms with Crippen LogP contribution >= 0.6 is 0 Å². The van der Waals surface area contributed by atoms with E-state index in [4.69, 9.17) is 9.26 Å². The summed E-state index contributed by atoms with van der Waals surface area (Å²) in [6.07, 6.45) is 0.967. The molecule has 5 nitrogen and oxygen atoms in total. The molecule has 0 radical (unpaired) electrons. The number of amides is 1. The standard InChI is InChI=1S/C16H18N2O3/c1-11-9-15(17-21-11)16(19)18-8-7-13(10-18)12-3-5-14(20-2)6-4-12/h3-6,9,13H,7-8,10H2,1-2H3. The molecule has 1 amide bonds. The first-order valence-electron chi connectivity index (χ1n) is 7.04. The van der Waals surface area contributed by atoms with Crippen LogP contribution in [0.4, 0.5) is 0 Å². The number of ether oxygens (including phenoxy) is 1. The van der Waals surface area contributed by atoms with Gasteiger partial charge in [0.15, 0.2) is 5.69 Å². The molecule has 2 aromatic rings. The summed E-state index contributed by atoms with van der Waals surface area (Å²) < 4.78 is 10.1. The maximum Gasteiger partial charge on any atom is 0.276 e. The summed E-state index contributed by atoms with van der Waals surface area (Å²) in [6, 6.07) is 9.74. The number of rotatable bonds is 3. The molecule has 5 heteroatoms. The Morgan fingerprint density at radius 3 is 2.76 bits per heavy atom. The fraction of sp³-hybridized carbons (Fsp3) is 0.375. The Labute approximate surface area is 123 Å². The molecule has 1 unspecified atom stereocenters. The van der Waals surface area contributed by atoms with Gasteiger partial charge in [-0.05, 0) is 31.0 Å². The van der Waals surface area contributed by atoms with Gasteiger partial charge >= 0.3 is 0 Å². The molecule has 110 valence electrons. The number of aromatic nitrogens is 1. The third-order valence-corrected chi connectivity index (χ3v) is 3.91. The average molecular weight is 286 g/mol. The second kappa shape index (κ2) is 5.60. The zero-order chi connectivity index (χ0) is 14.8. The van der Waals surface area contributed by atoms with Crippen LogP contribution in [0.15, 0.2) is 34.9 Å². The van der Waals surface area contributed by atoms with E-state index in [1.54, 1.807) is 20.1 Å². The van der Waals surface area contributed by atoms with Gasteiger partial charge in [-0.2, -0.15) is 0 Å². The number of carbonyl (C=O) groups is 1. The van der Waals surface area contributed by atoms with Crippen molar-refractivity contribution < 1.29 is 14.1 Å². The molecule has 0 bridgehead atoms. The first-order chi connectivity index (χ1) is 10.2. The van der Waals surface area contributed by atoms with Gasteiger partial charge in [0, 0.05) is 25.1 Å². The molecule has 0 spiro atoms. The van der Waals surface area contributed by atoms with E-state index in [1.165, 1.54) is 5.56 Å². The highest BCUT2D eigenvalue weighted by atomic mass is 16.5. The third kappa shape index (κ3) is 2.77. The Kier molecular flexibility index (Phi) is 3.64. The molecule has 1 atom stereocenters. The first kappa shape index (κ1) is 13.7. The molecule has 1 aliphatic heterocycles. The lowest BCUT2D eigenvalue weighted by molar-refractivity contribution is 0.0780. The Morgan fingerprint density at radius 1 is 1.38 bits per heavy atom. The smallest absolute Gasteiger partial charge is 0.276 e. The van der Waals surface area contributed by atoms with Crippen molar-refractivity contribution in [3.63, 3.8) is 0 Å². The van der Waals surface area contributed by atoms with E-state index in [9.17, 15) is 4.79 Å². The molecule has 1 fully saturated rings. The van der Waals surface area contributed by atoms with Crippen LogP contribution < -0.4 is 4.74 Å². The van der Waals surface area contributed by atoms with E-state index in [-0.39, 0.29) is 5.91 Å². The number of hydrogen-bond acceptors (Lipinski definition) is 4. The molecule has 3 rings (SSSR count). The van der Waals surface area contributed by atoms with Gasteiger partial charge in [-0.3, -0.25) is 4.79 Å². The van der Waals surface area contributed by atoms with Gasteiger partial charge in [0.2, 0.25) is 0 Å². The summed E-state index contributed by atoms with van der Waals surface area (Å²) in [6.45, 7) is 3.26. The van der Waals surface area contributed by atoms with Crippen molar-refractivity contribution in [3.8, 4) is 5.75 Å². The minimum absolute atomic E-state index is 0.0529. The third-order valence-electron chi connectivity index (χ3n) is 3.91. The highest BCUT2D eigenvalue weighted by molar-refractivity contribution is 5.92. The number of carbonyl (C=O) groups excluding carboxylic acids is 1. The number of hydrogen-bond donors (Lipinski definition) is 0. The molecule has 2 heterocycles. The van der Waals surface area contributed by atoms with E-state index >= 15 is 0 Å². The second-order valence-corrected chi connectivity index (χ2v) is 5.33. The largest absolute Gasteiger partial charge is 0.497 e. The topological polar surface area (TPSA) is 55.6 Å². The Balaban J connectivity index is 1.68. The lowest BCUT2D eigenvalue weighted by Crippen LogP contribution is -2.28. The van der Waals surface area contributed by atoms with E-state index in [0.29, 0.717) is 17.4 Å². The maximum absolute atomic E-state index is 12.3. The predicted octanol–water partition coefficient (Wildman–Crippen LogP) is 2.62. The predicted molar refractivity (Wildman–Crippen MR) is 77.5 cm³/mol. The van der Waals surface area contributed by atoms with Crippen molar-refractivity contribution in [2.75, 3.05) is 20.2 Å². The average Bonchev–Trinajstić information content (AvgIpc) is 3.16. The van der Waals surface area contributed by atoms with Crippen LogP contribution in [0, 0.1) is 6.92 Å². The summed E-state index contributed by atoms with van der Waals surface area (Å²) in [7, 11) is 1.66. The summed E-state index contributed by atoms with van der Waals surface area (Å²) in [4.78, 5) is 14.2. The quantitative estimate of drug-likeness (QED) is 0.870. The van der Waals surface area contributed by atoms with Gasteiger partial charge in [0.25, 0.3) is 5.91 Å². The van der Waals surface area contributed by atoms with Gasteiger partial charge < -0.3 is 14.2 Å². The van der Waals surface area contributed by atoms with E-state index in [2.05, 4.69) is 17.3 Å². The van der Waals surface area contributed by atoms with Crippen LogP contribution in [0.3, 0.4) is 0 Å². The number of benzene rings is 1. The lowest BCUT2D eigenvalue weighted by Gasteiger charge is -2.15. The first-order valence-corrected chi connectivity index (χ1v) is 7.04. The van der Waals surface area contributed by atoms with Crippen LogP contribution in [0.5, 0.6) is 5.75 Å². The van der Waals surface area contributed by atoms with Crippen LogP contribution in [-0.4, -0.2) is 36.2 Å². The zero-order valence-corrected chi connectivity index (χ0v) is 12.2. The Hall–Kier alpha value is -2.30. The summed E-state index contributed by atoms with van der Waals surface area (Å²) in [5.74, 6) is 1.82. The molecular formula is C16H18N2O3. The summed E-state index contributed by atoms with van der Waals surface area (Å²) >= 11 is 0. The van der Waals surface area contributed by atoms with Crippen LogP contribution in [0.1, 0.15) is 34.2 Å². The number of likely N-dealkylation sites (tertiary alicyclic amines) is 1. The normalized spacial score (nSPS) is 18.0. The molecule has 1 aromatic heterocycles. The van der Waals surface area contributed by atoms with Crippen molar-refractivity contribution >= 4 is 5.91 Å². The van der Waals surface area contributed by atoms with Crippen molar-refractivity contribution in [1.29, 1.82) is 0 Å². The Morgan fingerprint density at radius 2 is 2.14 bits per heavy atom. The van der Waals surface area contributed by atoms with Crippen LogP contribution in [0.25, 0.3) is 0 Å². The van der Waals surface area contributed by atoms with Crippen molar-refractivity contribution in [1.82, 2.24) is 10.1 Å². The van der Waals surface area contributed by atoms with E-state index in [1.807, 2.05) is 17.0 Å². The molecule has 1 aromatic carbocycles. The second-order valence-electron chi connectivity index (χ2n) is 5.33. The SMILES string of the molecule is COc1ccc(C2CCN(C(=O)c3cc(C)on3)C2)cc1. The Bertz CT molecular complexity index is 633. The van der Waals surface area contributed by atoms with Gasteiger partial charge in [-0.25, -0.2) is 0 Å². The van der Waals surface area contributed by atoms with Gasteiger partial charge in [0.05, 0.1) is 7.11 Å². The van der Waals surface area contributed by atoms with E-state index < -0.39 is 0 Å².